The molecular formula is C13H20N2OS. The van der Waals surface area contributed by atoms with E-state index in [9.17, 15) is 0 Å². The second-order valence-corrected chi connectivity index (χ2v) is 6.33. The number of aromatic nitrogens is 1. The average molecular weight is 252 g/mol. The van der Waals surface area contributed by atoms with E-state index in [0.717, 1.165) is 24.7 Å². The Morgan fingerprint density at radius 3 is 3.24 bits per heavy atom. The van der Waals surface area contributed by atoms with E-state index in [0.29, 0.717) is 12.2 Å². The molecule has 0 unspecified atom stereocenters. The van der Waals surface area contributed by atoms with Crippen molar-refractivity contribution in [3.05, 3.63) is 16.1 Å². The second kappa shape index (κ2) is 4.67. The molecule has 0 saturated carbocycles. The average Bonchev–Trinajstić information content (AvgIpc) is 2.83. The SMILES string of the molecule is Cc1csc(CN2CC[C@@H]3C[C@@H](C)O[C@H]3C2)n1. The predicted octanol–water partition coefficient (Wildman–Crippen LogP) is 2.45. The summed E-state index contributed by atoms with van der Waals surface area (Å²) >= 11 is 1.78. The lowest BCUT2D eigenvalue weighted by Gasteiger charge is -2.33. The molecule has 0 amide bonds. The van der Waals surface area contributed by atoms with Crippen LogP contribution in [0.25, 0.3) is 0 Å². The number of hydrogen-bond acceptors (Lipinski definition) is 4. The quantitative estimate of drug-likeness (QED) is 0.808. The van der Waals surface area contributed by atoms with E-state index in [1.165, 1.54) is 24.4 Å². The van der Waals surface area contributed by atoms with Crippen LogP contribution in [-0.4, -0.2) is 35.2 Å². The number of aryl methyl sites for hydroxylation is 1. The van der Waals surface area contributed by atoms with E-state index in [1.807, 2.05) is 0 Å². The molecule has 0 radical (unpaired) electrons. The lowest BCUT2D eigenvalue weighted by molar-refractivity contribution is -0.00277. The second-order valence-electron chi connectivity index (χ2n) is 5.39. The number of nitrogens with zero attached hydrogens (tertiary/aromatic N) is 2. The van der Waals surface area contributed by atoms with Crippen LogP contribution in [0.2, 0.25) is 0 Å². The largest absolute Gasteiger partial charge is 0.374 e. The molecule has 3 rings (SSSR count). The van der Waals surface area contributed by atoms with Gasteiger partial charge in [-0.2, -0.15) is 0 Å². The normalized spacial score (nSPS) is 33.9. The Labute approximate surface area is 107 Å². The van der Waals surface area contributed by atoms with Crippen molar-refractivity contribution in [1.29, 1.82) is 0 Å². The van der Waals surface area contributed by atoms with Gasteiger partial charge in [-0.3, -0.25) is 4.90 Å². The van der Waals surface area contributed by atoms with Crippen LogP contribution in [0.4, 0.5) is 0 Å². The van der Waals surface area contributed by atoms with Gasteiger partial charge in [-0.25, -0.2) is 4.98 Å². The van der Waals surface area contributed by atoms with Gasteiger partial charge in [0, 0.05) is 17.6 Å². The molecule has 4 heteroatoms. The van der Waals surface area contributed by atoms with Crippen molar-refractivity contribution in [1.82, 2.24) is 9.88 Å². The van der Waals surface area contributed by atoms with E-state index < -0.39 is 0 Å². The van der Waals surface area contributed by atoms with Crippen molar-refractivity contribution in [2.45, 2.75) is 45.4 Å². The summed E-state index contributed by atoms with van der Waals surface area (Å²) in [6.07, 6.45) is 3.49. The monoisotopic (exact) mass is 252 g/mol. The van der Waals surface area contributed by atoms with Crippen molar-refractivity contribution >= 4 is 11.3 Å². The molecule has 0 N–H and O–H groups in total. The lowest BCUT2D eigenvalue weighted by Crippen LogP contribution is -2.41. The first-order chi connectivity index (χ1) is 8.20. The molecule has 2 saturated heterocycles. The number of fused-ring (bicyclic) bond motifs is 1. The first kappa shape index (κ1) is 11.6. The van der Waals surface area contributed by atoms with Gasteiger partial charge in [-0.15, -0.1) is 11.3 Å². The Hall–Kier alpha value is -0.450. The zero-order valence-electron chi connectivity index (χ0n) is 10.6. The highest BCUT2D eigenvalue weighted by Gasteiger charge is 2.37. The summed E-state index contributed by atoms with van der Waals surface area (Å²) in [5.74, 6) is 0.805. The molecule has 2 aliphatic rings. The molecule has 2 fully saturated rings. The van der Waals surface area contributed by atoms with Crippen molar-refractivity contribution < 1.29 is 4.74 Å². The van der Waals surface area contributed by atoms with E-state index in [4.69, 9.17) is 4.74 Å². The topological polar surface area (TPSA) is 25.4 Å². The van der Waals surface area contributed by atoms with E-state index in [2.05, 4.69) is 29.1 Å². The Balaban J connectivity index is 1.59. The molecule has 94 valence electrons. The van der Waals surface area contributed by atoms with E-state index in [1.54, 1.807) is 11.3 Å². The third-order valence-electron chi connectivity index (χ3n) is 3.85. The van der Waals surface area contributed by atoms with Gasteiger partial charge < -0.3 is 4.74 Å². The fraction of sp³-hybridized carbons (Fsp3) is 0.769. The summed E-state index contributed by atoms with van der Waals surface area (Å²) in [6.45, 7) is 7.56. The lowest BCUT2D eigenvalue weighted by atomic mass is 9.92. The number of piperidine rings is 1. The summed E-state index contributed by atoms with van der Waals surface area (Å²) in [7, 11) is 0. The minimum Gasteiger partial charge on any atom is -0.374 e. The number of ether oxygens (including phenoxy) is 1. The van der Waals surface area contributed by atoms with Gasteiger partial charge in [0.25, 0.3) is 0 Å². The third kappa shape index (κ3) is 2.54. The van der Waals surface area contributed by atoms with Crippen LogP contribution in [0.5, 0.6) is 0 Å². The molecule has 3 atom stereocenters. The first-order valence-corrected chi connectivity index (χ1v) is 7.37. The standard InChI is InChI=1S/C13H20N2OS/c1-9-8-17-13(14-9)7-15-4-3-11-5-10(2)16-12(11)6-15/h8,10-12H,3-7H2,1-2H3/t10-,11-,12+/m1/s1. The van der Waals surface area contributed by atoms with Gasteiger partial charge in [0.15, 0.2) is 0 Å². The Bertz CT molecular complexity index is 393. The zero-order valence-corrected chi connectivity index (χ0v) is 11.4. The summed E-state index contributed by atoms with van der Waals surface area (Å²) in [5, 5.41) is 3.38. The van der Waals surface area contributed by atoms with Crippen LogP contribution in [0.15, 0.2) is 5.38 Å². The molecule has 17 heavy (non-hydrogen) atoms. The van der Waals surface area contributed by atoms with Crippen LogP contribution < -0.4 is 0 Å². The molecule has 0 aliphatic carbocycles. The number of hydrogen-bond donors (Lipinski definition) is 0. The zero-order chi connectivity index (χ0) is 11.8. The minimum atomic E-state index is 0.465. The van der Waals surface area contributed by atoms with Crippen LogP contribution >= 0.6 is 11.3 Å². The van der Waals surface area contributed by atoms with Gasteiger partial charge in [-0.05, 0) is 39.2 Å². The van der Waals surface area contributed by atoms with E-state index >= 15 is 0 Å². The number of thiazole rings is 1. The fourth-order valence-electron chi connectivity index (χ4n) is 3.04. The maximum Gasteiger partial charge on any atom is 0.107 e. The fourth-order valence-corrected chi connectivity index (χ4v) is 3.86. The highest BCUT2D eigenvalue weighted by molar-refractivity contribution is 7.09. The third-order valence-corrected chi connectivity index (χ3v) is 4.80. The van der Waals surface area contributed by atoms with E-state index in [-0.39, 0.29) is 0 Å². The molecule has 3 nitrogen and oxygen atoms in total. The van der Waals surface area contributed by atoms with Crippen molar-refractivity contribution in [3.8, 4) is 0 Å². The minimum absolute atomic E-state index is 0.465. The Morgan fingerprint density at radius 2 is 2.47 bits per heavy atom. The molecule has 2 aliphatic heterocycles. The highest BCUT2D eigenvalue weighted by Crippen LogP contribution is 2.33. The Morgan fingerprint density at radius 1 is 1.59 bits per heavy atom. The summed E-state index contributed by atoms with van der Waals surface area (Å²) in [5.41, 5.74) is 1.14. The molecule has 3 heterocycles. The first-order valence-electron chi connectivity index (χ1n) is 6.49. The van der Waals surface area contributed by atoms with Crippen molar-refractivity contribution in [3.63, 3.8) is 0 Å². The number of rotatable bonds is 2. The molecule has 0 aromatic carbocycles. The maximum atomic E-state index is 5.98. The predicted molar refractivity (Wildman–Crippen MR) is 69.2 cm³/mol. The summed E-state index contributed by atoms with van der Waals surface area (Å²) < 4.78 is 5.98. The van der Waals surface area contributed by atoms with Crippen molar-refractivity contribution in [2.75, 3.05) is 13.1 Å². The van der Waals surface area contributed by atoms with Gasteiger partial charge in [0.2, 0.25) is 0 Å². The van der Waals surface area contributed by atoms with Gasteiger partial charge in [0.05, 0.1) is 18.8 Å². The molecule has 1 aromatic rings. The van der Waals surface area contributed by atoms with Gasteiger partial charge >= 0.3 is 0 Å². The highest BCUT2D eigenvalue weighted by atomic mass is 32.1. The summed E-state index contributed by atoms with van der Waals surface area (Å²) in [6, 6.07) is 0. The Kier molecular flexibility index (Phi) is 3.19. The molecule has 0 spiro atoms. The van der Waals surface area contributed by atoms with Gasteiger partial charge in [-0.1, -0.05) is 0 Å². The van der Waals surface area contributed by atoms with Gasteiger partial charge in [0.1, 0.15) is 5.01 Å². The van der Waals surface area contributed by atoms with Crippen molar-refractivity contribution in [2.24, 2.45) is 5.92 Å². The molecular weight excluding hydrogens is 232 g/mol. The van der Waals surface area contributed by atoms with Crippen LogP contribution in [-0.2, 0) is 11.3 Å². The van der Waals surface area contributed by atoms with Crippen LogP contribution in [0.1, 0.15) is 30.5 Å². The molecule has 0 bridgehead atoms. The smallest absolute Gasteiger partial charge is 0.107 e. The maximum absolute atomic E-state index is 5.98. The van der Waals surface area contributed by atoms with Crippen LogP contribution in [0.3, 0.4) is 0 Å². The molecule has 1 aromatic heterocycles. The van der Waals surface area contributed by atoms with Crippen LogP contribution in [0, 0.1) is 12.8 Å². The number of likely N-dealkylation sites (tertiary alicyclic amines) is 1. The summed E-state index contributed by atoms with van der Waals surface area (Å²) in [4.78, 5) is 7.04.